The molecular weight excluding hydrogens is 308 g/mol. The van der Waals surface area contributed by atoms with Gasteiger partial charge in [-0.25, -0.2) is 0 Å². The molecule has 0 saturated heterocycles. The van der Waals surface area contributed by atoms with Crippen LogP contribution in [0.2, 0.25) is 0 Å². The number of hydrogen-bond donors (Lipinski definition) is 1. The van der Waals surface area contributed by atoms with Crippen LogP contribution in [0, 0.1) is 5.41 Å². The van der Waals surface area contributed by atoms with Crippen LogP contribution >= 0.6 is 27.3 Å². The average molecular weight is 321 g/mol. The van der Waals surface area contributed by atoms with Gasteiger partial charge in [0.05, 0.1) is 6.61 Å². The van der Waals surface area contributed by atoms with Gasteiger partial charge in [0.1, 0.15) is 0 Å². The summed E-state index contributed by atoms with van der Waals surface area (Å²) >= 11 is 4.70. The van der Waals surface area contributed by atoms with Crippen molar-refractivity contribution in [1.29, 1.82) is 0 Å². The predicted molar refractivity (Wildman–Crippen MR) is 68.1 cm³/mol. The lowest BCUT2D eigenvalue weighted by Crippen LogP contribution is -2.39. The highest BCUT2D eigenvalue weighted by molar-refractivity contribution is 9.10. The van der Waals surface area contributed by atoms with Gasteiger partial charge in [0, 0.05) is 21.2 Å². The molecule has 4 nitrogen and oxygen atoms in total. The Kier molecular flexibility index (Phi) is 4.70. The quantitative estimate of drug-likeness (QED) is 0.669. The van der Waals surface area contributed by atoms with Crippen molar-refractivity contribution in [2.75, 3.05) is 6.61 Å². The molecule has 0 amide bonds. The summed E-state index contributed by atoms with van der Waals surface area (Å²) in [6, 6.07) is 1.81. The van der Waals surface area contributed by atoms with E-state index in [9.17, 15) is 14.7 Å². The summed E-state index contributed by atoms with van der Waals surface area (Å²) in [6.07, 6.45) is 0.136. The molecule has 0 saturated carbocycles. The van der Waals surface area contributed by atoms with Crippen LogP contribution < -0.4 is 0 Å². The van der Waals surface area contributed by atoms with Gasteiger partial charge in [-0.15, -0.1) is 11.3 Å². The van der Waals surface area contributed by atoms with E-state index in [1.165, 1.54) is 18.3 Å². The number of esters is 1. The van der Waals surface area contributed by atoms with Gasteiger partial charge in [-0.2, -0.15) is 0 Å². The molecule has 0 radical (unpaired) electrons. The molecule has 17 heavy (non-hydrogen) atoms. The van der Waals surface area contributed by atoms with Crippen molar-refractivity contribution in [3.8, 4) is 0 Å². The maximum atomic E-state index is 11.7. The molecule has 0 aliphatic carbocycles. The van der Waals surface area contributed by atoms with Crippen molar-refractivity contribution in [2.24, 2.45) is 5.41 Å². The molecule has 0 aliphatic rings. The van der Waals surface area contributed by atoms with E-state index in [0.29, 0.717) is 0 Å². The molecule has 0 aromatic carbocycles. The number of thiophene rings is 1. The second-order valence-electron chi connectivity index (χ2n) is 3.77. The molecule has 0 aliphatic heterocycles. The van der Waals surface area contributed by atoms with Crippen LogP contribution in [0.5, 0.6) is 0 Å². The molecule has 1 aromatic heterocycles. The number of rotatable bonds is 5. The standard InChI is InChI=1S/C11H13BrO4S/c1-3-16-10(15)11(2,9(13)14)5-8-4-7(12)6-17-8/h4,6H,3,5H2,1-2H3,(H,13,14). The topological polar surface area (TPSA) is 63.6 Å². The summed E-state index contributed by atoms with van der Waals surface area (Å²) in [6.45, 7) is 3.22. The molecule has 1 rings (SSSR count). The first kappa shape index (κ1) is 14.2. The molecule has 0 bridgehead atoms. The Morgan fingerprint density at radius 1 is 1.59 bits per heavy atom. The van der Waals surface area contributed by atoms with Crippen molar-refractivity contribution in [1.82, 2.24) is 0 Å². The van der Waals surface area contributed by atoms with E-state index in [1.54, 1.807) is 6.92 Å². The molecule has 6 heteroatoms. The minimum absolute atomic E-state index is 0.136. The Morgan fingerprint density at radius 3 is 2.65 bits per heavy atom. The lowest BCUT2D eigenvalue weighted by Gasteiger charge is -2.21. The van der Waals surface area contributed by atoms with Crippen molar-refractivity contribution < 1.29 is 19.4 Å². The van der Waals surface area contributed by atoms with Crippen LogP contribution in [0.4, 0.5) is 0 Å². The third kappa shape index (κ3) is 3.29. The van der Waals surface area contributed by atoms with E-state index < -0.39 is 17.4 Å². The molecule has 94 valence electrons. The highest BCUT2D eigenvalue weighted by Gasteiger charge is 2.43. The van der Waals surface area contributed by atoms with Gasteiger partial charge in [0.25, 0.3) is 0 Å². The molecule has 1 aromatic rings. The van der Waals surface area contributed by atoms with Crippen LogP contribution in [-0.4, -0.2) is 23.7 Å². The van der Waals surface area contributed by atoms with Gasteiger partial charge in [-0.05, 0) is 35.8 Å². The first-order chi connectivity index (χ1) is 7.90. The summed E-state index contributed by atoms with van der Waals surface area (Å²) in [5.74, 6) is -1.86. The van der Waals surface area contributed by atoms with Crippen molar-refractivity contribution in [3.05, 3.63) is 20.8 Å². The lowest BCUT2D eigenvalue weighted by molar-refractivity contribution is -0.167. The summed E-state index contributed by atoms with van der Waals surface area (Å²) < 4.78 is 5.70. The number of ether oxygens (including phenoxy) is 1. The monoisotopic (exact) mass is 320 g/mol. The van der Waals surface area contributed by atoms with Crippen LogP contribution in [-0.2, 0) is 20.7 Å². The Hall–Kier alpha value is -0.880. The zero-order chi connectivity index (χ0) is 13.1. The van der Waals surface area contributed by atoms with Gasteiger partial charge in [0.15, 0.2) is 5.41 Å². The predicted octanol–water partition coefficient (Wildman–Crippen LogP) is 2.71. The SMILES string of the molecule is CCOC(=O)C(C)(Cc1cc(Br)cs1)C(=O)O. The smallest absolute Gasteiger partial charge is 0.323 e. The normalized spacial score (nSPS) is 14.1. The maximum Gasteiger partial charge on any atom is 0.323 e. The zero-order valence-electron chi connectivity index (χ0n) is 9.53. The minimum Gasteiger partial charge on any atom is -0.480 e. The Balaban J connectivity index is 2.92. The molecule has 1 unspecified atom stereocenters. The van der Waals surface area contributed by atoms with E-state index in [-0.39, 0.29) is 13.0 Å². The second kappa shape index (κ2) is 5.64. The minimum atomic E-state index is -1.53. The van der Waals surface area contributed by atoms with Crippen LogP contribution in [0.25, 0.3) is 0 Å². The van der Waals surface area contributed by atoms with E-state index in [4.69, 9.17) is 4.74 Å². The summed E-state index contributed by atoms with van der Waals surface area (Å²) in [7, 11) is 0. The van der Waals surface area contributed by atoms with E-state index in [1.807, 2.05) is 11.4 Å². The lowest BCUT2D eigenvalue weighted by atomic mass is 9.86. The van der Waals surface area contributed by atoms with Gasteiger partial charge < -0.3 is 9.84 Å². The molecule has 1 atom stereocenters. The number of hydrogen-bond acceptors (Lipinski definition) is 4. The molecule has 0 spiro atoms. The maximum absolute atomic E-state index is 11.7. The summed E-state index contributed by atoms with van der Waals surface area (Å²) in [5, 5.41) is 11.0. The number of carboxylic acids is 1. The van der Waals surface area contributed by atoms with Crippen molar-refractivity contribution in [2.45, 2.75) is 20.3 Å². The largest absolute Gasteiger partial charge is 0.480 e. The van der Waals surface area contributed by atoms with E-state index in [2.05, 4.69) is 15.9 Å². The van der Waals surface area contributed by atoms with Gasteiger partial charge in [-0.1, -0.05) is 0 Å². The third-order valence-corrected chi connectivity index (χ3v) is 4.05. The Morgan fingerprint density at radius 2 is 2.24 bits per heavy atom. The summed E-state index contributed by atoms with van der Waals surface area (Å²) in [4.78, 5) is 23.8. The van der Waals surface area contributed by atoms with E-state index in [0.717, 1.165) is 9.35 Å². The van der Waals surface area contributed by atoms with Crippen LogP contribution in [0.3, 0.4) is 0 Å². The highest BCUT2D eigenvalue weighted by Crippen LogP contribution is 2.30. The number of carbonyl (C=O) groups is 2. The van der Waals surface area contributed by atoms with Crippen LogP contribution in [0.15, 0.2) is 15.9 Å². The summed E-state index contributed by atoms with van der Waals surface area (Å²) in [5.41, 5.74) is -1.53. The van der Waals surface area contributed by atoms with Crippen molar-refractivity contribution in [3.63, 3.8) is 0 Å². The molecule has 1 heterocycles. The van der Waals surface area contributed by atoms with Crippen molar-refractivity contribution >= 4 is 39.2 Å². The second-order valence-corrected chi connectivity index (χ2v) is 5.68. The Bertz CT molecular complexity index is 429. The number of carbonyl (C=O) groups excluding carboxylic acids is 1. The van der Waals surface area contributed by atoms with Crippen LogP contribution in [0.1, 0.15) is 18.7 Å². The van der Waals surface area contributed by atoms with Gasteiger partial charge >= 0.3 is 11.9 Å². The van der Waals surface area contributed by atoms with E-state index >= 15 is 0 Å². The highest BCUT2D eigenvalue weighted by atomic mass is 79.9. The fourth-order valence-corrected chi connectivity index (χ4v) is 2.93. The first-order valence-electron chi connectivity index (χ1n) is 5.03. The first-order valence-corrected chi connectivity index (χ1v) is 6.71. The number of carboxylic acid groups (broad SMARTS) is 1. The fraction of sp³-hybridized carbons (Fsp3) is 0.455. The third-order valence-electron chi connectivity index (χ3n) is 2.35. The fourth-order valence-electron chi connectivity index (χ4n) is 1.32. The molecule has 0 fully saturated rings. The number of aliphatic carboxylic acids is 1. The Labute approximate surface area is 112 Å². The molecule has 1 N–H and O–H groups in total. The van der Waals surface area contributed by atoms with Gasteiger partial charge in [-0.3, -0.25) is 9.59 Å². The van der Waals surface area contributed by atoms with Gasteiger partial charge in [0.2, 0.25) is 0 Å². The number of halogens is 1. The average Bonchev–Trinajstić information content (AvgIpc) is 2.63. The molecular formula is C11H13BrO4S. The zero-order valence-corrected chi connectivity index (χ0v) is 11.9.